The molecule has 0 heterocycles. The largest absolute Gasteiger partial charge is 0.487 e. The second kappa shape index (κ2) is 7.83. The summed E-state index contributed by atoms with van der Waals surface area (Å²) in [5, 5.41) is 23.1. The maximum absolute atomic E-state index is 10.9. The third-order valence-electron chi connectivity index (χ3n) is 3.24. The van der Waals surface area contributed by atoms with Crippen molar-refractivity contribution in [3.05, 3.63) is 28.3 Å². The molecule has 1 aromatic carbocycles. The summed E-state index contributed by atoms with van der Waals surface area (Å²) in [6.07, 6.45) is 1.67. The van der Waals surface area contributed by atoms with Gasteiger partial charge in [-0.15, -0.1) is 0 Å². The van der Waals surface area contributed by atoms with Crippen LogP contribution in [0.5, 0.6) is 5.75 Å². The number of hydrogen-bond donors (Lipinski definition) is 2. The Kier molecular flexibility index (Phi) is 6.42. The van der Waals surface area contributed by atoms with Crippen molar-refractivity contribution in [1.29, 1.82) is 0 Å². The molecule has 0 aromatic heterocycles. The summed E-state index contributed by atoms with van der Waals surface area (Å²) in [6.45, 7) is 7.31. The van der Waals surface area contributed by atoms with E-state index in [0.717, 1.165) is 25.1 Å². The highest BCUT2D eigenvalue weighted by atomic mass is 16.6. The Labute approximate surface area is 125 Å². The normalized spacial score (nSPS) is 11.2. The van der Waals surface area contributed by atoms with E-state index >= 15 is 0 Å². The lowest BCUT2D eigenvalue weighted by molar-refractivity contribution is -0.385. The lowest BCUT2D eigenvalue weighted by Crippen LogP contribution is -2.23. The van der Waals surface area contributed by atoms with E-state index in [0.29, 0.717) is 6.61 Å². The zero-order valence-corrected chi connectivity index (χ0v) is 12.9. The van der Waals surface area contributed by atoms with Crippen molar-refractivity contribution in [3.8, 4) is 5.75 Å². The number of hydrogen-bond acceptors (Lipinski definition) is 5. The zero-order valence-electron chi connectivity index (χ0n) is 12.9. The molecule has 0 saturated heterocycles. The fourth-order valence-corrected chi connectivity index (χ4v) is 2.03. The van der Waals surface area contributed by atoms with Crippen LogP contribution in [0.25, 0.3) is 0 Å². The van der Waals surface area contributed by atoms with Crippen LogP contribution in [-0.2, 0) is 0 Å². The van der Waals surface area contributed by atoms with Gasteiger partial charge in [0, 0.05) is 31.0 Å². The van der Waals surface area contributed by atoms with E-state index in [1.165, 1.54) is 6.07 Å². The van der Waals surface area contributed by atoms with Crippen molar-refractivity contribution < 1.29 is 14.8 Å². The Hall–Kier alpha value is -1.82. The molecule has 118 valence electrons. The number of nitro groups is 1. The molecule has 0 amide bonds. The van der Waals surface area contributed by atoms with Gasteiger partial charge in [0.15, 0.2) is 5.75 Å². The van der Waals surface area contributed by atoms with Crippen LogP contribution in [0.1, 0.15) is 33.6 Å². The number of nitro benzene ring substituents is 1. The predicted octanol–water partition coefficient (Wildman–Crippen LogP) is 3.20. The van der Waals surface area contributed by atoms with Crippen LogP contribution < -0.4 is 10.1 Å². The second-order valence-corrected chi connectivity index (χ2v) is 5.72. The molecule has 0 fully saturated rings. The first-order valence-corrected chi connectivity index (χ1v) is 7.15. The summed E-state index contributed by atoms with van der Waals surface area (Å²) in [7, 11) is 0. The van der Waals surface area contributed by atoms with E-state index in [1.54, 1.807) is 19.1 Å². The van der Waals surface area contributed by atoms with Gasteiger partial charge in [0.05, 0.1) is 11.5 Å². The molecule has 6 nitrogen and oxygen atoms in total. The summed E-state index contributed by atoms with van der Waals surface area (Å²) in [6, 6.07) is 4.79. The molecule has 0 aliphatic heterocycles. The average molecular weight is 296 g/mol. The predicted molar refractivity (Wildman–Crippen MR) is 82.9 cm³/mol. The lowest BCUT2D eigenvalue weighted by atomic mass is 9.88. The van der Waals surface area contributed by atoms with Gasteiger partial charge >= 0.3 is 5.69 Å². The molecule has 0 unspecified atom stereocenters. The number of nitrogens with one attached hydrogen (secondary N) is 1. The molecule has 0 aliphatic rings. The first-order valence-electron chi connectivity index (χ1n) is 7.15. The van der Waals surface area contributed by atoms with Crippen LogP contribution >= 0.6 is 0 Å². The van der Waals surface area contributed by atoms with Gasteiger partial charge in [-0.1, -0.05) is 13.8 Å². The van der Waals surface area contributed by atoms with Crippen LogP contribution in [0.15, 0.2) is 18.2 Å². The summed E-state index contributed by atoms with van der Waals surface area (Å²) >= 11 is 0. The molecule has 0 atom stereocenters. The van der Waals surface area contributed by atoms with Gasteiger partial charge in [-0.3, -0.25) is 10.1 Å². The molecule has 1 rings (SSSR count). The van der Waals surface area contributed by atoms with Crippen LogP contribution in [0.2, 0.25) is 0 Å². The summed E-state index contributed by atoms with van der Waals surface area (Å²) < 4.78 is 5.32. The maximum atomic E-state index is 10.9. The Balaban J connectivity index is 2.76. The van der Waals surface area contributed by atoms with Crippen molar-refractivity contribution in [2.45, 2.75) is 33.6 Å². The number of aliphatic hydroxyl groups is 1. The number of nitrogens with zero attached hydrogens (tertiary/aromatic N) is 1. The standard InChI is InChI=1S/C15H24N2O4/c1-4-21-14-10-12(6-7-13(14)17(19)20)16-11-15(2,3)8-5-9-18/h6-7,10,16,18H,4-5,8-9,11H2,1-3H3. The van der Waals surface area contributed by atoms with Gasteiger partial charge < -0.3 is 15.2 Å². The minimum Gasteiger partial charge on any atom is -0.487 e. The van der Waals surface area contributed by atoms with E-state index in [-0.39, 0.29) is 23.5 Å². The lowest BCUT2D eigenvalue weighted by Gasteiger charge is -2.25. The SMILES string of the molecule is CCOc1cc(NCC(C)(C)CCCO)ccc1[N+](=O)[O-]. The summed E-state index contributed by atoms with van der Waals surface area (Å²) in [4.78, 5) is 10.5. The highest BCUT2D eigenvalue weighted by Gasteiger charge is 2.19. The number of aliphatic hydroxyl groups excluding tert-OH is 1. The molecule has 1 aromatic rings. The Morgan fingerprint density at radius 3 is 2.71 bits per heavy atom. The maximum Gasteiger partial charge on any atom is 0.311 e. The topological polar surface area (TPSA) is 84.6 Å². The van der Waals surface area contributed by atoms with Gasteiger partial charge in [-0.25, -0.2) is 0 Å². The molecule has 0 bridgehead atoms. The highest BCUT2D eigenvalue weighted by Crippen LogP contribution is 2.31. The zero-order chi connectivity index (χ0) is 15.9. The van der Waals surface area contributed by atoms with Crippen molar-refractivity contribution in [2.24, 2.45) is 5.41 Å². The fraction of sp³-hybridized carbons (Fsp3) is 0.600. The molecule has 0 saturated carbocycles. The first kappa shape index (κ1) is 17.2. The van der Waals surface area contributed by atoms with Gasteiger partial charge in [-0.05, 0) is 31.2 Å². The molecule has 0 spiro atoms. The van der Waals surface area contributed by atoms with E-state index in [4.69, 9.17) is 9.84 Å². The Morgan fingerprint density at radius 1 is 1.43 bits per heavy atom. The molecule has 21 heavy (non-hydrogen) atoms. The van der Waals surface area contributed by atoms with Crippen LogP contribution in [0, 0.1) is 15.5 Å². The van der Waals surface area contributed by atoms with Gasteiger partial charge in [-0.2, -0.15) is 0 Å². The Morgan fingerprint density at radius 2 is 2.14 bits per heavy atom. The van der Waals surface area contributed by atoms with E-state index in [2.05, 4.69) is 19.2 Å². The van der Waals surface area contributed by atoms with Crippen LogP contribution in [-0.4, -0.2) is 29.8 Å². The molecule has 6 heteroatoms. The average Bonchev–Trinajstić information content (AvgIpc) is 2.43. The first-order chi connectivity index (χ1) is 9.89. The van der Waals surface area contributed by atoms with Crippen LogP contribution in [0.3, 0.4) is 0 Å². The summed E-state index contributed by atoms with van der Waals surface area (Å²) in [5.41, 5.74) is 0.805. The number of ether oxygens (including phenoxy) is 1. The van der Waals surface area contributed by atoms with Gasteiger partial charge in [0.1, 0.15) is 0 Å². The van der Waals surface area contributed by atoms with E-state index in [1.807, 2.05) is 0 Å². The highest BCUT2D eigenvalue weighted by molar-refractivity contribution is 5.58. The number of benzene rings is 1. The third kappa shape index (κ3) is 5.59. The smallest absolute Gasteiger partial charge is 0.311 e. The van der Waals surface area contributed by atoms with Crippen molar-refractivity contribution in [2.75, 3.05) is 25.1 Å². The van der Waals surface area contributed by atoms with Crippen molar-refractivity contribution in [1.82, 2.24) is 0 Å². The minimum atomic E-state index is -0.444. The van der Waals surface area contributed by atoms with E-state index < -0.39 is 4.92 Å². The van der Waals surface area contributed by atoms with Crippen LogP contribution in [0.4, 0.5) is 11.4 Å². The molecule has 0 aliphatic carbocycles. The molecule has 2 N–H and O–H groups in total. The quantitative estimate of drug-likeness (QED) is 0.540. The molecular weight excluding hydrogens is 272 g/mol. The fourth-order valence-electron chi connectivity index (χ4n) is 2.03. The van der Waals surface area contributed by atoms with Gasteiger partial charge in [0.2, 0.25) is 0 Å². The van der Waals surface area contributed by atoms with Crippen molar-refractivity contribution in [3.63, 3.8) is 0 Å². The second-order valence-electron chi connectivity index (χ2n) is 5.72. The third-order valence-corrected chi connectivity index (χ3v) is 3.24. The number of rotatable bonds is 9. The van der Waals surface area contributed by atoms with Crippen molar-refractivity contribution >= 4 is 11.4 Å². The molecule has 0 radical (unpaired) electrons. The van der Waals surface area contributed by atoms with E-state index in [9.17, 15) is 10.1 Å². The monoisotopic (exact) mass is 296 g/mol. The summed E-state index contributed by atoms with van der Waals surface area (Å²) in [5.74, 6) is 0.278. The van der Waals surface area contributed by atoms with Gasteiger partial charge in [0.25, 0.3) is 0 Å². The molecular formula is C15H24N2O4. The minimum absolute atomic E-state index is 0.0260. The Bertz CT molecular complexity index is 475. The number of anilines is 1.